The molecular weight excluding hydrogens is 443 g/mol. The number of hydrogen-bond acceptors (Lipinski definition) is 4. The molecule has 4 nitrogen and oxygen atoms in total. The van der Waals surface area contributed by atoms with E-state index < -0.39 is 0 Å². The van der Waals surface area contributed by atoms with Crippen LogP contribution in [-0.2, 0) is 13.2 Å². The van der Waals surface area contributed by atoms with E-state index >= 15 is 0 Å². The molecule has 2 aromatic rings. The highest BCUT2D eigenvalue weighted by atomic mass is 35.5. The Bertz CT molecular complexity index is 713. The zero-order valence-electron chi connectivity index (χ0n) is 18.2. The molecule has 2 rings (SSSR count). The maximum Gasteiger partial charge on any atom is 0.166 e. The van der Waals surface area contributed by atoms with Crippen LogP contribution >= 0.6 is 36.4 Å². The molecule has 0 radical (unpaired) electrons. The van der Waals surface area contributed by atoms with E-state index in [1.807, 2.05) is 43.3 Å². The topological polar surface area (TPSA) is 33.7 Å². The van der Waals surface area contributed by atoms with Crippen LogP contribution in [0.15, 0.2) is 42.5 Å². The molecule has 0 aliphatic carbocycles. The molecular formula is C23H35Cl3N2O2. The monoisotopic (exact) mass is 476 g/mol. The normalized spacial score (nSPS) is 10.3. The second kappa shape index (κ2) is 16.5. The molecule has 1 N–H and O–H groups in total. The van der Waals surface area contributed by atoms with E-state index in [1.54, 1.807) is 0 Å². The Balaban J connectivity index is 0.00000420. The van der Waals surface area contributed by atoms with E-state index in [2.05, 4.69) is 30.1 Å². The van der Waals surface area contributed by atoms with Gasteiger partial charge in [0.2, 0.25) is 0 Å². The van der Waals surface area contributed by atoms with E-state index in [1.165, 1.54) is 0 Å². The fourth-order valence-corrected chi connectivity index (χ4v) is 3.28. The number of para-hydroxylation sites is 1. The molecule has 30 heavy (non-hydrogen) atoms. The van der Waals surface area contributed by atoms with Gasteiger partial charge in [-0.1, -0.05) is 55.8 Å². The van der Waals surface area contributed by atoms with Gasteiger partial charge in [-0.15, -0.1) is 24.8 Å². The van der Waals surface area contributed by atoms with Crippen molar-refractivity contribution in [3.05, 3.63) is 58.6 Å². The summed E-state index contributed by atoms with van der Waals surface area (Å²) in [5, 5.41) is 4.25. The lowest BCUT2D eigenvalue weighted by atomic mass is 10.1. The van der Waals surface area contributed by atoms with Crippen molar-refractivity contribution in [2.45, 2.75) is 40.3 Å². The summed E-state index contributed by atoms with van der Waals surface area (Å²) in [6.45, 7) is 12.5. The summed E-state index contributed by atoms with van der Waals surface area (Å²) >= 11 is 6.27. The Morgan fingerprint density at radius 3 is 2.27 bits per heavy atom. The summed E-state index contributed by atoms with van der Waals surface area (Å²) in [5.74, 6) is 1.57. The molecule has 170 valence electrons. The van der Waals surface area contributed by atoms with E-state index in [9.17, 15) is 0 Å². The zero-order valence-corrected chi connectivity index (χ0v) is 20.5. The number of rotatable bonds is 13. The first kappa shape index (κ1) is 28.8. The minimum absolute atomic E-state index is 0. The van der Waals surface area contributed by atoms with Crippen molar-refractivity contribution in [1.29, 1.82) is 0 Å². The van der Waals surface area contributed by atoms with Crippen molar-refractivity contribution in [3.63, 3.8) is 0 Å². The van der Waals surface area contributed by atoms with Crippen LogP contribution < -0.4 is 14.8 Å². The average molecular weight is 478 g/mol. The van der Waals surface area contributed by atoms with Gasteiger partial charge in [0.15, 0.2) is 11.5 Å². The van der Waals surface area contributed by atoms with E-state index in [4.69, 9.17) is 21.1 Å². The third-order valence-electron chi connectivity index (χ3n) is 4.73. The molecule has 7 heteroatoms. The van der Waals surface area contributed by atoms with Crippen LogP contribution in [0, 0.1) is 0 Å². The molecule has 0 unspecified atom stereocenters. The van der Waals surface area contributed by atoms with Crippen molar-refractivity contribution in [3.8, 4) is 11.5 Å². The average Bonchev–Trinajstić information content (AvgIpc) is 2.71. The summed E-state index contributed by atoms with van der Waals surface area (Å²) in [4.78, 5) is 2.44. The van der Waals surface area contributed by atoms with Crippen molar-refractivity contribution in [2.24, 2.45) is 0 Å². The Morgan fingerprint density at radius 2 is 1.60 bits per heavy atom. The summed E-state index contributed by atoms with van der Waals surface area (Å²) in [6.07, 6.45) is 1.13. The first-order valence-electron chi connectivity index (χ1n) is 10.2. The van der Waals surface area contributed by atoms with Crippen LogP contribution in [0.25, 0.3) is 0 Å². The van der Waals surface area contributed by atoms with Gasteiger partial charge in [-0.2, -0.15) is 0 Å². The molecule has 0 atom stereocenters. The number of ether oxygens (including phenoxy) is 2. The highest BCUT2D eigenvalue weighted by Crippen LogP contribution is 2.32. The van der Waals surface area contributed by atoms with Crippen molar-refractivity contribution in [1.82, 2.24) is 10.2 Å². The van der Waals surface area contributed by atoms with Gasteiger partial charge >= 0.3 is 0 Å². The summed E-state index contributed by atoms with van der Waals surface area (Å²) in [6, 6.07) is 13.8. The Hall–Kier alpha value is -1.17. The first-order chi connectivity index (χ1) is 13.7. The number of halogens is 3. The summed E-state index contributed by atoms with van der Waals surface area (Å²) < 4.78 is 12.0. The minimum atomic E-state index is 0. The molecule has 0 aliphatic heterocycles. The molecule has 2 aromatic carbocycles. The Morgan fingerprint density at radius 1 is 0.900 bits per heavy atom. The molecule has 0 saturated heterocycles. The third-order valence-corrected chi connectivity index (χ3v) is 5.10. The Labute approximate surface area is 199 Å². The SMILES string of the molecule is CCOc1cccc(CNCCCN(CC)CC)c1OCc1ccccc1Cl.Cl.Cl. The maximum absolute atomic E-state index is 6.27. The standard InChI is InChI=1S/C23H33ClN2O2.2ClH/c1-4-26(5-2)16-10-15-25-17-19-12-9-14-22(27-6-3)23(19)28-18-20-11-7-8-13-21(20)24;;/h7-9,11-14,25H,4-6,10,15-18H2,1-3H3;2*1H. The quantitative estimate of drug-likeness (QED) is 0.360. The molecule has 0 aliphatic rings. The third kappa shape index (κ3) is 9.32. The molecule has 0 bridgehead atoms. The lowest BCUT2D eigenvalue weighted by Gasteiger charge is -2.19. The molecule has 0 fully saturated rings. The summed E-state index contributed by atoms with van der Waals surface area (Å²) in [5.41, 5.74) is 2.06. The van der Waals surface area contributed by atoms with Crippen LogP contribution in [0.1, 0.15) is 38.3 Å². The molecule has 0 amide bonds. The fraction of sp³-hybridized carbons (Fsp3) is 0.478. The number of nitrogens with one attached hydrogen (secondary N) is 1. The van der Waals surface area contributed by atoms with E-state index in [0.717, 1.165) is 61.8 Å². The molecule has 0 aromatic heterocycles. The smallest absolute Gasteiger partial charge is 0.166 e. The molecule has 0 spiro atoms. The van der Waals surface area contributed by atoms with Gasteiger partial charge < -0.3 is 19.7 Å². The van der Waals surface area contributed by atoms with Crippen LogP contribution in [0.2, 0.25) is 5.02 Å². The van der Waals surface area contributed by atoms with Crippen LogP contribution in [0.3, 0.4) is 0 Å². The lowest BCUT2D eigenvalue weighted by Crippen LogP contribution is -2.27. The van der Waals surface area contributed by atoms with Gasteiger partial charge in [0.25, 0.3) is 0 Å². The summed E-state index contributed by atoms with van der Waals surface area (Å²) in [7, 11) is 0. The second-order valence-electron chi connectivity index (χ2n) is 6.61. The minimum Gasteiger partial charge on any atom is -0.490 e. The van der Waals surface area contributed by atoms with Gasteiger partial charge in [0.1, 0.15) is 6.61 Å². The van der Waals surface area contributed by atoms with Gasteiger partial charge in [-0.05, 0) is 51.7 Å². The molecule has 0 heterocycles. The second-order valence-corrected chi connectivity index (χ2v) is 7.02. The van der Waals surface area contributed by atoms with Gasteiger partial charge in [-0.25, -0.2) is 0 Å². The van der Waals surface area contributed by atoms with Crippen molar-refractivity contribution in [2.75, 3.05) is 32.8 Å². The number of benzene rings is 2. The van der Waals surface area contributed by atoms with Gasteiger partial charge in [0, 0.05) is 22.7 Å². The van der Waals surface area contributed by atoms with Crippen LogP contribution in [-0.4, -0.2) is 37.7 Å². The van der Waals surface area contributed by atoms with E-state index in [-0.39, 0.29) is 24.8 Å². The van der Waals surface area contributed by atoms with Gasteiger partial charge in [0.05, 0.1) is 6.61 Å². The highest BCUT2D eigenvalue weighted by Gasteiger charge is 2.12. The Kier molecular flexibility index (Phi) is 15.9. The van der Waals surface area contributed by atoms with Crippen LogP contribution in [0.4, 0.5) is 0 Å². The number of nitrogens with zero attached hydrogens (tertiary/aromatic N) is 1. The highest BCUT2D eigenvalue weighted by molar-refractivity contribution is 6.31. The van der Waals surface area contributed by atoms with Gasteiger partial charge in [-0.3, -0.25) is 0 Å². The lowest BCUT2D eigenvalue weighted by molar-refractivity contribution is 0.266. The predicted molar refractivity (Wildman–Crippen MR) is 132 cm³/mol. The first-order valence-corrected chi connectivity index (χ1v) is 10.6. The predicted octanol–water partition coefficient (Wildman–Crippen LogP) is 5.98. The largest absolute Gasteiger partial charge is 0.490 e. The zero-order chi connectivity index (χ0) is 20.2. The van der Waals surface area contributed by atoms with E-state index in [0.29, 0.717) is 18.2 Å². The number of hydrogen-bond donors (Lipinski definition) is 1. The van der Waals surface area contributed by atoms with Crippen LogP contribution in [0.5, 0.6) is 11.5 Å². The fourth-order valence-electron chi connectivity index (χ4n) is 3.09. The van der Waals surface area contributed by atoms with Crippen molar-refractivity contribution >= 4 is 36.4 Å². The molecule has 0 saturated carbocycles. The van der Waals surface area contributed by atoms with Crippen molar-refractivity contribution < 1.29 is 9.47 Å². The maximum atomic E-state index is 6.27.